The van der Waals surface area contributed by atoms with Crippen molar-refractivity contribution in [3.63, 3.8) is 0 Å². The zero-order valence-electron chi connectivity index (χ0n) is 14.1. The van der Waals surface area contributed by atoms with Gasteiger partial charge < -0.3 is 15.4 Å². The minimum Gasteiger partial charge on any atom is -0.358 e. The minimum absolute atomic E-state index is 0.182. The quantitative estimate of drug-likeness (QED) is 0.452. The molecule has 12 heteroatoms. The maximum atomic E-state index is 12.6. The van der Waals surface area contributed by atoms with Crippen LogP contribution in [0.1, 0.15) is 23.5 Å². The van der Waals surface area contributed by atoms with E-state index in [1.165, 1.54) is 22.4 Å². The van der Waals surface area contributed by atoms with Crippen molar-refractivity contribution in [3.8, 4) is 0 Å². The Morgan fingerprint density at radius 3 is 2.42 bits per heavy atom. The predicted molar refractivity (Wildman–Crippen MR) is 83.2 cm³/mol. The molecule has 0 unspecified atom stereocenters. The number of nitrogens with one attached hydrogen (secondary N) is 1. The van der Waals surface area contributed by atoms with Crippen molar-refractivity contribution < 1.29 is 22.9 Å². The average molecular weight is 374 g/mol. The second kappa shape index (κ2) is 7.54. The lowest BCUT2D eigenvalue weighted by Gasteiger charge is -2.07. The molecule has 26 heavy (non-hydrogen) atoms. The molecule has 0 atom stereocenters. The highest BCUT2D eigenvalue weighted by Crippen LogP contribution is 2.28. The Labute approximate surface area is 145 Å². The maximum Gasteiger partial charge on any atom is 0.435 e. The Morgan fingerprint density at radius 2 is 1.88 bits per heavy atom. The maximum absolute atomic E-state index is 12.6. The number of aromatic nitrogens is 4. The summed E-state index contributed by atoms with van der Waals surface area (Å²) in [6.45, 7) is 3.37. The smallest absolute Gasteiger partial charge is 0.358 e. The van der Waals surface area contributed by atoms with Gasteiger partial charge in [-0.3, -0.25) is 9.48 Å². The topological polar surface area (TPSA) is 108 Å². The molecule has 0 spiro atoms. The third kappa shape index (κ3) is 4.80. The Morgan fingerprint density at radius 1 is 1.23 bits per heavy atom. The number of hydrogen-bond acceptors (Lipinski definition) is 5. The fraction of sp³-hybridized carbons (Fsp3) is 0.500. The largest absolute Gasteiger partial charge is 0.435 e. The molecule has 0 fully saturated rings. The van der Waals surface area contributed by atoms with E-state index in [0.717, 1.165) is 6.07 Å². The summed E-state index contributed by atoms with van der Waals surface area (Å²) in [6, 6.07) is 2.22. The molecule has 2 heterocycles. The Hall–Kier alpha value is -2.92. The molecule has 2 aromatic rings. The summed E-state index contributed by atoms with van der Waals surface area (Å²) in [7, 11) is 0. The van der Waals surface area contributed by atoms with Gasteiger partial charge in [-0.2, -0.15) is 23.0 Å². The van der Waals surface area contributed by atoms with Crippen LogP contribution in [-0.2, 0) is 24.1 Å². The molecular weight excluding hydrogens is 357 g/mol. The van der Waals surface area contributed by atoms with Gasteiger partial charge in [-0.1, -0.05) is 0 Å². The lowest BCUT2D eigenvalue weighted by Crippen LogP contribution is -2.29. The van der Waals surface area contributed by atoms with Gasteiger partial charge in [-0.15, -0.1) is 0 Å². The van der Waals surface area contributed by atoms with E-state index >= 15 is 0 Å². The first-order chi connectivity index (χ1) is 12.1. The first-order valence-electron chi connectivity index (χ1n) is 7.65. The lowest BCUT2D eigenvalue weighted by molar-refractivity contribution is -0.389. The molecule has 9 nitrogen and oxygen atoms in total. The van der Waals surface area contributed by atoms with Gasteiger partial charge in [0.2, 0.25) is 5.91 Å². The van der Waals surface area contributed by atoms with Gasteiger partial charge in [0.15, 0.2) is 5.69 Å². The molecule has 0 radical (unpaired) electrons. The van der Waals surface area contributed by atoms with Gasteiger partial charge in [0.05, 0.1) is 16.9 Å². The van der Waals surface area contributed by atoms with Crippen LogP contribution in [0.4, 0.5) is 19.0 Å². The third-order valence-corrected chi connectivity index (χ3v) is 3.59. The van der Waals surface area contributed by atoms with Gasteiger partial charge in [0, 0.05) is 18.8 Å². The van der Waals surface area contributed by atoms with Gasteiger partial charge in [0.1, 0.15) is 6.54 Å². The molecule has 2 aromatic heterocycles. The van der Waals surface area contributed by atoms with Gasteiger partial charge in [-0.05, 0) is 31.3 Å². The van der Waals surface area contributed by atoms with Crippen LogP contribution in [-0.4, -0.2) is 36.9 Å². The summed E-state index contributed by atoms with van der Waals surface area (Å²) >= 11 is 0. The highest BCUT2D eigenvalue weighted by Gasteiger charge is 2.34. The number of rotatable bonds is 7. The van der Waals surface area contributed by atoms with Crippen LogP contribution in [0.25, 0.3) is 0 Å². The van der Waals surface area contributed by atoms with Crippen LogP contribution in [0, 0.1) is 24.0 Å². The highest BCUT2D eigenvalue weighted by molar-refractivity contribution is 5.75. The van der Waals surface area contributed by atoms with E-state index in [1.807, 2.05) is 0 Å². The van der Waals surface area contributed by atoms with Gasteiger partial charge >= 0.3 is 12.0 Å². The predicted octanol–water partition coefficient (Wildman–Crippen LogP) is 1.83. The number of halogens is 3. The van der Waals surface area contributed by atoms with Crippen LogP contribution in [0.3, 0.4) is 0 Å². The van der Waals surface area contributed by atoms with E-state index in [2.05, 4.69) is 15.5 Å². The summed E-state index contributed by atoms with van der Waals surface area (Å²) in [4.78, 5) is 21.8. The Kier molecular flexibility index (Phi) is 5.63. The highest BCUT2D eigenvalue weighted by atomic mass is 19.4. The van der Waals surface area contributed by atoms with Crippen molar-refractivity contribution in [1.29, 1.82) is 0 Å². The molecule has 1 amide bonds. The van der Waals surface area contributed by atoms with E-state index < -0.39 is 22.7 Å². The molecule has 0 aliphatic rings. The van der Waals surface area contributed by atoms with Crippen LogP contribution in [0.5, 0.6) is 0 Å². The zero-order valence-corrected chi connectivity index (χ0v) is 14.1. The molecule has 1 N–H and O–H groups in total. The van der Waals surface area contributed by atoms with Crippen molar-refractivity contribution in [3.05, 3.63) is 39.3 Å². The summed E-state index contributed by atoms with van der Waals surface area (Å²) in [6.07, 6.45) is -4.11. The molecule has 0 saturated carbocycles. The van der Waals surface area contributed by atoms with E-state index in [-0.39, 0.29) is 25.5 Å². The third-order valence-electron chi connectivity index (χ3n) is 3.59. The van der Waals surface area contributed by atoms with Crippen LogP contribution in [0.2, 0.25) is 0 Å². The number of aryl methyl sites for hydroxylation is 3. The summed E-state index contributed by atoms with van der Waals surface area (Å²) < 4.78 is 40.2. The van der Waals surface area contributed by atoms with Crippen molar-refractivity contribution in [2.45, 2.75) is 39.5 Å². The minimum atomic E-state index is -4.49. The summed E-state index contributed by atoms with van der Waals surface area (Å²) in [5.74, 6) is -0.746. The molecule has 2 rings (SSSR count). The lowest BCUT2D eigenvalue weighted by atomic mass is 10.3. The number of carbonyl (C=O) groups is 1. The number of nitro groups is 1. The second-order valence-corrected chi connectivity index (χ2v) is 5.65. The molecule has 0 aliphatic carbocycles. The number of carbonyl (C=O) groups excluding carboxylic acids is 1. The summed E-state index contributed by atoms with van der Waals surface area (Å²) in [5.41, 5.74) is -0.100. The van der Waals surface area contributed by atoms with Crippen molar-refractivity contribution >= 4 is 11.7 Å². The summed E-state index contributed by atoms with van der Waals surface area (Å²) in [5, 5.41) is 20.4. The van der Waals surface area contributed by atoms with Gasteiger partial charge in [-0.25, -0.2) is 0 Å². The molecule has 142 valence electrons. The molecule has 0 aliphatic heterocycles. The van der Waals surface area contributed by atoms with Crippen molar-refractivity contribution in [2.75, 3.05) is 6.54 Å². The fourth-order valence-electron chi connectivity index (χ4n) is 2.27. The zero-order chi connectivity index (χ0) is 19.5. The second-order valence-electron chi connectivity index (χ2n) is 5.65. The van der Waals surface area contributed by atoms with E-state index in [1.54, 1.807) is 6.92 Å². The standard InChI is InChI=1S/C14H17F3N6O3/c1-9-6-11(14(15,16)17)19-21(9)5-3-4-18-13(24)8-22-10(2)7-12(20-22)23(25)26/h6-7H,3-5,8H2,1-2H3,(H,18,24). The monoisotopic (exact) mass is 374 g/mol. The first-order valence-corrected chi connectivity index (χ1v) is 7.65. The number of alkyl halides is 3. The van der Waals surface area contributed by atoms with E-state index in [9.17, 15) is 28.1 Å². The normalized spacial score (nSPS) is 11.6. The van der Waals surface area contributed by atoms with Gasteiger partial charge in [0.25, 0.3) is 0 Å². The number of amides is 1. The average Bonchev–Trinajstić information content (AvgIpc) is 3.07. The Bertz CT molecular complexity index is 811. The molecule has 0 saturated heterocycles. The Balaban J connectivity index is 1.80. The van der Waals surface area contributed by atoms with Crippen LogP contribution < -0.4 is 5.32 Å². The molecule has 0 aromatic carbocycles. The van der Waals surface area contributed by atoms with Crippen molar-refractivity contribution in [1.82, 2.24) is 24.9 Å². The SMILES string of the molecule is Cc1cc([N+](=O)[O-])nn1CC(=O)NCCCn1nc(C(F)(F)F)cc1C. The number of hydrogen-bond donors (Lipinski definition) is 1. The fourth-order valence-corrected chi connectivity index (χ4v) is 2.27. The van der Waals surface area contributed by atoms with Crippen LogP contribution in [0.15, 0.2) is 12.1 Å². The number of nitrogens with zero attached hydrogens (tertiary/aromatic N) is 5. The van der Waals surface area contributed by atoms with E-state index in [4.69, 9.17) is 0 Å². The molecular formula is C14H17F3N6O3. The van der Waals surface area contributed by atoms with Crippen LogP contribution >= 0.6 is 0 Å². The first kappa shape index (κ1) is 19.4. The van der Waals surface area contributed by atoms with Crippen molar-refractivity contribution in [2.24, 2.45) is 0 Å². The van der Waals surface area contributed by atoms with E-state index in [0.29, 0.717) is 17.8 Å². The molecule has 0 bridgehead atoms.